The number of benzene rings is 1. The molecule has 1 rings (SSSR count). The van der Waals surface area contributed by atoms with E-state index < -0.39 is 16.0 Å². The molecule has 21 heavy (non-hydrogen) atoms. The van der Waals surface area contributed by atoms with Crippen LogP contribution >= 0.6 is 24.0 Å². The van der Waals surface area contributed by atoms with Crippen molar-refractivity contribution in [3.8, 4) is 0 Å². The van der Waals surface area contributed by atoms with E-state index >= 15 is 0 Å². The third kappa shape index (κ3) is 5.80. The van der Waals surface area contributed by atoms with Crippen molar-refractivity contribution in [2.24, 2.45) is 5.73 Å². The fourth-order valence-corrected chi connectivity index (χ4v) is 3.00. The maximum absolute atomic E-state index is 12.2. The highest BCUT2D eigenvalue weighted by Crippen LogP contribution is 2.21. The van der Waals surface area contributed by atoms with Crippen LogP contribution in [0.25, 0.3) is 0 Å². The predicted octanol–water partition coefficient (Wildman–Crippen LogP) is 1.56. The number of rotatable bonds is 6. The van der Waals surface area contributed by atoms with Crippen molar-refractivity contribution in [2.75, 3.05) is 13.7 Å². The van der Waals surface area contributed by atoms with Crippen LogP contribution in [0.2, 0.25) is 5.02 Å². The first-order valence-corrected chi connectivity index (χ1v) is 7.77. The van der Waals surface area contributed by atoms with Crippen LogP contribution in [0.3, 0.4) is 0 Å². The van der Waals surface area contributed by atoms with Gasteiger partial charge in [-0.25, -0.2) is 17.9 Å². The number of ether oxygens (including phenoxy) is 1. The Kier molecular flexibility index (Phi) is 8.20. The summed E-state index contributed by atoms with van der Waals surface area (Å²) < 4.78 is 31.3. The van der Waals surface area contributed by atoms with Crippen LogP contribution in [-0.4, -0.2) is 34.1 Å². The summed E-state index contributed by atoms with van der Waals surface area (Å²) in [6.45, 7) is 1.95. The smallest absolute Gasteiger partial charge is 0.339 e. The van der Waals surface area contributed by atoms with Gasteiger partial charge in [0.25, 0.3) is 0 Å². The summed E-state index contributed by atoms with van der Waals surface area (Å²) in [6, 6.07) is 3.82. The van der Waals surface area contributed by atoms with E-state index in [1.807, 2.05) is 0 Å². The van der Waals surface area contributed by atoms with Crippen molar-refractivity contribution < 1.29 is 17.9 Å². The quantitative estimate of drug-likeness (QED) is 0.753. The highest BCUT2D eigenvalue weighted by atomic mass is 35.5. The third-order valence-corrected chi connectivity index (χ3v) is 4.27. The summed E-state index contributed by atoms with van der Waals surface area (Å²) in [5, 5.41) is 0.213. The molecule has 0 aliphatic rings. The van der Waals surface area contributed by atoms with E-state index in [2.05, 4.69) is 9.46 Å². The average molecular weight is 357 g/mol. The van der Waals surface area contributed by atoms with Crippen molar-refractivity contribution in [3.05, 3.63) is 28.8 Å². The van der Waals surface area contributed by atoms with Gasteiger partial charge in [0.05, 0.1) is 17.6 Å². The van der Waals surface area contributed by atoms with Gasteiger partial charge < -0.3 is 10.5 Å². The summed E-state index contributed by atoms with van der Waals surface area (Å²) in [7, 11) is -2.68. The molecule has 6 nitrogen and oxygen atoms in total. The molecule has 0 heterocycles. The monoisotopic (exact) mass is 356 g/mol. The minimum atomic E-state index is -3.86. The van der Waals surface area contributed by atoms with Crippen molar-refractivity contribution >= 4 is 40.0 Å². The molecule has 9 heteroatoms. The van der Waals surface area contributed by atoms with E-state index in [1.165, 1.54) is 25.3 Å². The van der Waals surface area contributed by atoms with Crippen LogP contribution in [0.5, 0.6) is 0 Å². The van der Waals surface area contributed by atoms with E-state index in [-0.39, 0.29) is 40.5 Å². The molecule has 0 saturated heterocycles. The first-order valence-electron chi connectivity index (χ1n) is 5.91. The Hall–Kier alpha value is -0.860. The normalized spacial score (nSPS) is 12.4. The molecule has 1 aromatic rings. The van der Waals surface area contributed by atoms with E-state index in [1.54, 1.807) is 6.92 Å². The Balaban J connectivity index is 0.00000400. The van der Waals surface area contributed by atoms with Gasteiger partial charge in [0.15, 0.2) is 0 Å². The maximum atomic E-state index is 12.2. The summed E-state index contributed by atoms with van der Waals surface area (Å²) in [6.07, 6.45) is 0.480. The molecule has 0 aliphatic heterocycles. The molecule has 0 amide bonds. The molecular weight excluding hydrogens is 339 g/mol. The van der Waals surface area contributed by atoms with Gasteiger partial charge in [-0.1, -0.05) is 11.6 Å². The first-order chi connectivity index (χ1) is 9.27. The molecule has 0 fully saturated rings. The topological polar surface area (TPSA) is 98.5 Å². The van der Waals surface area contributed by atoms with E-state index in [0.29, 0.717) is 6.42 Å². The van der Waals surface area contributed by atoms with Crippen LogP contribution in [0.1, 0.15) is 23.7 Å². The van der Waals surface area contributed by atoms with Gasteiger partial charge in [-0.05, 0) is 31.5 Å². The van der Waals surface area contributed by atoms with Gasteiger partial charge in [-0.15, -0.1) is 12.4 Å². The van der Waals surface area contributed by atoms with Crippen molar-refractivity contribution in [1.29, 1.82) is 0 Å². The minimum Gasteiger partial charge on any atom is -0.465 e. The Morgan fingerprint density at radius 1 is 1.48 bits per heavy atom. The molecule has 0 aliphatic carbocycles. The highest BCUT2D eigenvalue weighted by Gasteiger charge is 2.23. The number of carbonyl (C=O) groups excluding carboxylic acids is 1. The lowest BCUT2D eigenvalue weighted by Gasteiger charge is -2.11. The molecular formula is C12H18Cl2N2O4S. The number of methoxy groups -OCH3 is 1. The number of nitrogens with one attached hydrogen (secondary N) is 1. The lowest BCUT2D eigenvalue weighted by Crippen LogP contribution is -2.30. The number of esters is 1. The number of hydrogen-bond donors (Lipinski definition) is 2. The van der Waals surface area contributed by atoms with Crippen molar-refractivity contribution in [1.82, 2.24) is 4.72 Å². The van der Waals surface area contributed by atoms with Crippen LogP contribution in [0, 0.1) is 0 Å². The molecule has 1 unspecified atom stereocenters. The second kappa shape index (κ2) is 8.55. The lowest BCUT2D eigenvalue weighted by atomic mass is 10.2. The zero-order valence-corrected chi connectivity index (χ0v) is 14.0. The Morgan fingerprint density at radius 2 is 2.10 bits per heavy atom. The molecule has 3 N–H and O–H groups in total. The molecule has 0 radical (unpaired) electrons. The number of halogens is 2. The second-order valence-electron chi connectivity index (χ2n) is 4.30. The van der Waals surface area contributed by atoms with Gasteiger partial charge in [-0.2, -0.15) is 0 Å². The number of carbonyl (C=O) groups is 1. The van der Waals surface area contributed by atoms with Gasteiger partial charge in [0.2, 0.25) is 10.0 Å². The standard InChI is InChI=1S/C12H17ClN2O4S.ClH/c1-8(14)5-6-15-20(17,18)11-7-9(13)3-4-10(11)12(16)19-2;/h3-4,7-8,15H,5-6,14H2,1-2H3;1H. The molecule has 1 aromatic carbocycles. The Labute approximate surface area is 135 Å². The van der Waals surface area contributed by atoms with Crippen molar-refractivity contribution in [2.45, 2.75) is 24.3 Å². The van der Waals surface area contributed by atoms with Gasteiger partial charge >= 0.3 is 5.97 Å². The largest absolute Gasteiger partial charge is 0.465 e. The number of sulfonamides is 1. The molecule has 0 aromatic heterocycles. The fourth-order valence-electron chi connectivity index (χ4n) is 1.50. The number of hydrogen-bond acceptors (Lipinski definition) is 5. The van der Waals surface area contributed by atoms with Gasteiger partial charge in [0, 0.05) is 17.6 Å². The van der Waals surface area contributed by atoms with E-state index in [9.17, 15) is 13.2 Å². The summed E-state index contributed by atoms with van der Waals surface area (Å²) in [5.41, 5.74) is 5.49. The zero-order chi connectivity index (χ0) is 15.3. The molecule has 0 saturated carbocycles. The summed E-state index contributed by atoms with van der Waals surface area (Å²) in [4.78, 5) is 11.4. The second-order valence-corrected chi connectivity index (χ2v) is 6.47. The number of nitrogens with two attached hydrogens (primary N) is 1. The van der Waals surface area contributed by atoms with E-state index in [0.717, 1.165) is 0 Å². The SMILES string of the molecule is COC(=O)c1ccc(Cl)cc1S(=O)(=O)NCCC(C)N.Cl. The van der Waals surface area contributed by atoms with Crippen molar-refractivity contribution in [3.63, 3.8) is 0 Å². The minimum absolute atomic E-state index is 0. The fraction of sp³-hybridized carbons (Fsp3) is 0.417. The first kappa shape index (κ1) is 20.1. The van der Waals surface area contributed by atoms with Crippen LogP contribution in [-0.2, 0) is 14.8 Å². The Bertz CT molecular complexity index is 591. The van der Waals surface area contributed by atoms with Crippen LogP contribution in [0.15, 0.2) is 23.1 Å². The van der Waals surface area contributed by atoms with Crippen LogP contribution in [0.4, 0.5) is 0 Å². The molecule has 1 atom stereocenters. The highest BCUT2D eigenvalue weighted by molar-refractivity contribution is 7.89. The lowest BCUT2D eigenvalue weighted by molar-refractivity contribution is 0.0596. The summed E-state index contributed by atoms with van der Waals surface area (Å²) >= 11 is 5.79. The maximum Gasteiger partial charge on any atom is 0.339 e. The predicted molar refractivity (Wildman–Crippen MR) is 83.5 cm³/mol. The van der Waals surface area contributed by atoms with Crippen LogP contribution < -0.4 is 10.5 Å². The Morgan fingerprint density at radius 3 is 2.62 bits per heavy atom. The zero-order valence-electron chi connectivity index (χ0n) is 11.6. The summed E-state index contributed by atoms with van der Waals surface area (Å²) in [5.74, 6) is -0.741. The third-order valence-electron chi connectivity index (χ3n) is 2.53. The molecule has 120 valence electrons. The molecule has 0 bridgehead atoms. The van der Waals surface area contributed by atoms with Gasteiger partial charge in [-0.3, -0.25) is 0 Å². The van der Waals surface area contributed by atoms with E-state index in [4.69, 9.17) is 17.3 Å². The van der Waals surface area contributed by atoms with Gasteiger partial charge in [0.1, 0.15) is 0 Å². The average Bonchev–Trinajstić information content (AvgIpc) is 2.37. The molecule has 0 spiro atoms.